The normalized spacial score (nSPS) is 12.2. The molecule has 1 N–H and O–H groups in total. The second kappa shape index (κ2) is 11.2. The van der Waals surface area contributed by atoms with Crippen molar-refractivity contribution in [1.82, 2.24) is 5.43 Å². The zero-order valence-corrected chi connectivity index (χ0v) is 20.8. The third-order valence-corrected chi connectivity index (χ3v) is 5.43. The Morgan fingerprint density at radius 1 is 1.16 bits per heavy atom. The fourth-order valence-electron chi connectivity index (χ4n) is 2.93. The van der Waals surface area contributed by atoms with Gasteiger partial charge in [0.15, 0.2) is 17.3 Å². The molecular formula is C24H27IN2O5. The molecule has 32 heavy (non-hydrogen) atoms. The summed E-state index contributed by atoms with van der Waals surface area (Å²) >= 11 is 2.21. The molecule has 8 heteroatoms. The van der Waals surface area contributed by atoms with Crippen molar-refractivity contribution in [2.24, 2.45) is 5.10 Å². The van der Waals surface area contributed by atoms with Gasteiger partial charge in [0.2, 0.25) is 0 Å². The molecule has 0 radical (unpaired) electrons. The second-order valence-corrected chi connectivity index (χ2v) is 8.20. The molecule has 3 aromatic rings. The van der Waals surface area contributed by atoms with Crippen LogP contribution in [0.2, 0.25) is 0 Å². The molecule has 1 heterocycles. The van der Waals surface area contributed by atoms with Gasteiger partial charge in [0.05, 0.1) is 29.1 Å². The minimum absolute atomic E-state index is 0.0787. The summed E-state index contributed by atoms with van der Waals surface area (Å²) in [7, 11) is 0. The molecule has 0 spiro atoms. The van der Waals surface area contributed by atoms with Crippen LogP contribution in [-0.2, 0) is 0 Å². The summed E-state index contributed by atoms with van der Waals surface area (Å²) in [6, 6.07) is 10.9. The number of rotatable bonds is 10. The molecule has 0 unspecified atom stereocenters. The van der Waals surface area contributed by atoms with Gasteiger partial charge in [-0.25, -0.2) is 5.43 Å². The quantitative estimate of drug-likeness (QED) is 0.197. The van der Waals surface area contributed by atoms with Gasteiger partial charge in [-0.15, -0.1) is 0 Å². The van der Waals surface area contributed by atoms with Crippen LogP contribution >= 0.6 is 22.6 Å². The third kappa shape index (κ3) is 5.93. The van der Waals surface area contributed by atoms with Gasteiger partial charge >= 0.3 is 5.91 Å². The molecule has 0 fully saturated rings. The highest BCUT2D eigenvalue weighted by molar-refractivity contribution is 14.1. The van der Waals surface area contributed by atoms with E-state index in [1.807, 2.05) is 39.0 Å². The second-order valence-electron chi connectivity index (χ2n) is 7.04. The van der Waals surface area contributed by atoms with Crippen LogP contribution < -0.4 is 19.6 Å². The van der Waals surface area contributed by atoms with Crippen LogP contribution in [0.4, 0.5) is 0 Å². The molecule has 170 valence electrons. The van der Waals surface area contributed by atoms with E-state index in [4.69, 9.17) is 18.6 Å². The zero-order valence-electron chi connectivity index (χ0n) is 18.6. The first kappa shape index (κ1) is 23.9. The number of fused-ring (bicyclic) bond motifs is 1. The average molecular weight is 550 g/mol. The summed E-state index contributed by atoms with van der Waals surface area (Å²) in [6.07, 6.45) is 2.53. The minimum atomic E-state index is -0.438. The summed E-state index contributed by atoms with van der Waals surface area (Å²) in [5, 5.41) is 4.86. The fraction of sp³-hybridized carbons (Fsp3) is 0.333. The van der Waals surface area contributed by atoms with Gasteiger partial charge in [0.25, 0.3) is 0 Å². The number of hydrazone groups is 1. The molecule has 7 nitrogen and oxygen atoms in total. The third-order valence-electron chi connectivity index (χ3n) is 4.63. The van der Waals surface area contributed by atoms with Gasteiger partial charge in [-0.3, -0.25) is 4.79 Å². The molecule has 0 aliphatic rings. The molecule has 1 atom stereocenters. The number of benzene rings is 2. The van der Waals surface area contributed by atoms with Crippen LogP contribution in [0.1, 0.15) is 50.2 Å². The Bertz CT molecular complexity index is 1110. The predicted octanol–water partition coefficient (Wildman–Crippen LogP) is 5.78. The van der Waals surface area contributed by atoms with E-state index in [2.05, 4.69) is 40.0 Å². The minimum Gasteiger partial charge on any atom is -0.494 e. The molecule has 1 amide bonds. The number of hydrogen-bond acceptors (Lipinski definition) is 6. The van der Waals surface area contributed by atoms with Crippen molar-refractivity contribution < 1.29 is 23.4 Å². The fourth-order valence-corrected chi connectivity index (χ4v) is 3.69. The van der Waals surface area contributed by atoms with Crippen LogP contribution in [0.5, 0.6) is 17.2 Å². The highest BCUT2D eigenvalue weighted by Crippen LogP contribution is 2.35. The first-order chi connectivity index (χ1) is 15.4. The number of halogens is 1. The molecule has 1 aromatic heterocycles. The highest BCUT2D eigenvalue weighted by Gasteiger charge is 2.15. The lowest BCUT2D eigenvalue weighted by Gasteiger charge is -2.18. The number of amides is 1. The Hall–Kier alpha value is -2.75. The lowest BCUT2D eigenvalue weighted by Crippen LogP contribution is -2.16. The Labute approximate surface area is 201 Å². The molecule has 2 aromatic carbocycles. The Balaban J connectivity index is 1.73. The van der Waals surface area contributed by atoms with Crippen molar-refractivity contribution in [3.63, 3.8) is 0 Å². The number of hydrogen-bond donors (Lipinski definition) is 1. The number of nitrogens with zero attached hydrogens (tertiary/aromatic N) is 1. The van der Waals surface area contributed by atoms with Gasteiger partial charge in [0.1, 0.15) is 11.3 Å². The predicted molar refractivity (Wildman–Crippen MR) is 133 cm³/mol. The number of ether oxygens (including phenoxy) is 3. The summed E-state index contributed by atoms with van der Waals surface area (Å²) in [6.45, 7) is 9.02. The van der Waals surface area contributed by atoms with Crippen LogP contribution in [0.15, 0.2) is 45.9 Å². The average Bonchev–Trinajstić information content (AvgIpc) is 3.20. The largest absolute Gasteiger partial charge is 0.494 e. The smallest absolute Gasteiger partial charge is 0.307 e. The van der Waals surface area contributed by atoms with E-state index < -0.39 is 5.91 Å². The van der Waals surface area contributed by atoms with Crippen molar-refractivity contribution in [3.8, 4) is 17.2 Å². The van der Waals surface area contributed by atoms with Gasteiger partial charge in [0, 0.05) is 5.39 Å². The summed E-state index contributed by atoms with van der Waals surface area (Å²) in [5.41, 5.74) is 3.89. The summed E-state index contributed by atoms with van der Waals surface area (Å²) < 4.78 is 23.8. The van der Waals surface area contributed by atoms with E-state index in [-0.39, 0.29) is 11.9 Å². The van der Waals surface area contributed by atoms with Gasteiger partial charge in [-0.05, 0) is 91.7 Å². The monoisotopic (exact) mass is 550 g/mol. The topological polar surface area (TPSA) is 82.3 Å². The molecule has 0 aliphatic heterocycles. The van der Waals surface area contributed by atoms with Gasteiger partial charge < -0.3 is 18.6 Å². The molecule has 0 saturated carbocycles. The summed E-state index contributed by atoms with van der Waals surface area (Å²) in [5.74, 6) is 1.83. The zero-order chi connectivity index (χ0) is 23.1. The Kier molecular flexibility index (Phi) is 8.38. The first-order valence-electron chi connectivity index (χ1n) is 10.6. The van der Waals surface area contributed by atoms with Gasteiger partial charge in [-0.1, -0.05) is 6.92 Å². The van der Waals surface area contributed by atoms with Crippen LogP contribution in [0.3, 0.4) is 0 Å². The first-order valence-corrected chi connectivity index (χ1v) is 11.7. The van der Waals surface area contributed by atoms with Crippen LogP contribution in [0, 0.1) is 3.57 Å². The maximum absolute atomic E-state index is 12.5. The van der Waals surface area contributed by atoms with Crippen molar-refractivity contribution >= 4 is 45.7 Å². The maximum Gasteiger partial charge on any atom is 0.307 e. The SMILES string of the molecule is CCOc1ccc2oc(C(=O)N/N=C/c3cc(I)c(O[C@@H](C)CC)c(OCC)c3)cc2c1. The van der Waals surface area contributed by atoms with Crippen LogP contribution in [0.25, 0.3) is 11.0 Å². The van der Waals surface area contributed by atoms with Crippen molar-refractivity contribution in [3.05, 3.63) is 51.3 Å². The van der Waals surface area contributed by atoms with Crippen molar-refractivity contribution in [2.75, 3.05) is 13.2 Å². The molecule has 0 saturated heterocycles. The number of carbonyl (C=O) groups is 1. The maximum atomic E-state index is 12.5. The molecular weight excluding hydrogens is 523 g/mol. The van der Waals surface area contributed by atoms with Crippen molar-refractivity contribution in [2.45, 2.75) is 40.2 Å². The van der Waals surface area contributed by atoms with E-state index in [0.717, 1.165) is 32.4 Å². The lowest BCUT2D eigenvalue weighted by atomic mass is 10.2. The number of carbonyl (C=O) groups excluding carboxylic acids is 1. The number of nitrogens with one attached hydrogen (secondary N) is 1. The van der Waals surface area contributed by atoms with Crippen molar-refractivity contribution in [1.29, 1.82) is 0 Å². The van der Waals surface area contributed by atoms with Crippen LogP contribution in [-0.4, -0.2) is 31.4 Å². The van der Waals surface area contributed by atoms with E-state index in [9.17, 15) is 4.79 Å². The Morgan fingerprint density at radius 2 is 1.94 bits per heavy atom. The van der Waals surface area contributed by atoms with E-state index in [0.29, 0.717) is 24.5 Å². The lowest BCUT2D eigenvalue weighted by molar-refractivity contribution is 0.0929. The highest BCUT2D eigenvalue weighted by atomic mass is 127. The summed E-state index contributed by atoms with van der Waals surface area (Å²) in [4.78, 5) is 12.5. The van der Waals surface area contributed by atoms with E-state index in [1.165, 1.54) is 0 Å². The standard InChI is InChI=1S/C24H27IN2O5/c1-5-15(4)31-23-19(25)10-16(11-21(23)30-7-3)14-26-27-24(28)22-13-17-12-18(29-6-2)8-9-20(17)32-22/h8-15H,5-7H2,1-4H3,(H,27,28)/b26-14+/t15-/m0/s1. The molecule has 0 aliphatic carbocycles. The van der Waals surface area contributed by atoms with E-state index >= 15 is 0 Å². The number of furan rings is 1. The van der Waals surface area contributed by atoms with E-state index in [1.54, 1.807) is 24.4 Å². The molecule has 0 bridgehead atoms. The van der Waals surface area contributed by atoms with Gasteiger partial charge in [-0.2, -0.15) is 5.10 Å². The Morgan fingerprint density at radius 3 is 2.66 bits per heavy atom. The molecule has 3 rings (SSSR count).